The summed E-state index contributed by atoms with van der Waals surface area (Å²) in [4.78, 5) is 10.8. The minimum absolute atomic E-state index is 0.0767. The fourth-order valence-electron chi connectivity index (χ4n) is 1.94. The van der Waals surface area contributed by atoms with Crippen LogP contribution in [-0.2, 0) is 4.79 Å². The molecule has 16 heavy (non-hydrogen) atoms. The first-order valence-corrected chi connectivity index (χ1v) is 5.56. The van der Waals surface area contributed by atoms with Gasteiger partial charge >= 0.3 is 0 Å². The molecule has 0 aliphatic rings. The van der Waals surface area contributed by atoms with E-state index in [1.807, 2.05) is 18.2 Å². The molecule has 88 valence electrons. The molecule has 0 saturated heterocycles. The van der Waals surface area contributed by atoms with Gasteiger partial charge in [-0.15, -0.1) is 0 Å². The Morgan fingerprint density at radius 2 is 2.06 bits per heavy atom. The lowest BCUT2D eigenvalue weighted by molar-refractivity contribution is -0.108. The molecule has 1 rings (SSSR count). The zero-order chi connectivity index (χ0) is 12.2. The first kappa shape index (κ1) is 12.8. The van der Waals surface area contributed by atoms with Crippen LogP contribution in [0.25, 0.3) is 0 Å². The molecule has 0 bridgehead atoms. The molecule has 1 aromatic rings. The highest BCUT2D eigenvalue weighted by Gasteiger charge is 2.25. The highest BCUT2D eigenvalue weighted by molar-refractivity contribution is 5.52. The summed E-state index contributed by atoms with van der Waals surface area (Å²) in [5, 5.41) is 0. The Kier molecular flexibility index (Phi) is 4.11. The summed E-state index contributed by atoms with van der Waals surface area (Å²) in [5.41, 5.74) is 1.24. The van der Waals surface area contributed by atoms with Crippen LogP contribution in [0.15, 0.2) is 24.3 Å². The van der Waals surface area contributed by atoms with Gasteiger partial charge in [0.2, 0.25) is 0 Å². The highest BCUT2D eigenvalue weighted by atomic mass is 16.5. The Morgan fingerprint density at radius 1 is 1.38 bits per heavy atom. The van der Waals surface area contributed by atoms with Crippen LogP contribution in [0, 0.1) is 5.41 Å². The third-order valence-electron chi connectivity index (χ3n) is 2.87. The van der Waals surface area contributed by atoms with E-state index in [-0.39, 0.29) is 11.3 Å². The maximum atomic E-state index is 10.8. The van der Waals surface area contributed by atoms with Crippen LogP contribution in [0.5, 0.6) is 5.75 Å². The Balaban J connectivity index is 3.05. The van der Waals surface area contributed by atoms with Crippen molar-refractivity contribution in [2.75, 3.05) is 7.11 Å². The average molecular weight is 220 g/mol. The van der Waals surface area contributed by atoms with Gasteiger partial charge in [0.25, 0.3) is 0 Å². The Hall–Kier alpha value is -1.31. The minimum atomic E-state index is 0.0767. The lowest BCUT2D eigenvalue weighted by atomic mass is 9.75. The van der Waals surface area contributed by atoms with Crippen LogP contribution in [-0.4, -0.2) is 13.4 Å². The number of ether oxygens (including phenoxy) is 1. The van der Waals surface area contributed by atoms with Gasteiger partial charge in [0.05, 0.1) is 7.11 Å². The van der Waals surface area contributed by atoms with Gasteiger partial charge in [0, 0.05) is 6.42 Å². The van der Waals surface area contributed by atoms with Crippen LogP contribution in [0.1, 0.15) is 38.7 Å². The zero-order valence-corrected chi connectivity index (χ0v) is 10.5. The quantitative estimate of drug-likeness (QED) is 0.727. The SMILES string of the molecule is COc1cccc(C(CC=O)C(C)(C)C)c1. The Morgan fingerprint density at radius 3 is 2.56 bits per heavy atom. The van der Waals surface area contributed by atoms with E-state index >= 15 is 0 Å². The van der Waals surface area contributed by atoms with Crippen molar-refractivity contribution in [1.29, 1.82) is 0 Å². The summed E-state index contributed by atoms with van der Waals surface area (Å²) >= 11 is 0. The minimum Gasteiger partial charge on any atom is -0.497 e. The van der Waals surface area contributed by atoms with Gasteiger partial charge in [0.1, 0.15) is 12.0 Å². The lowest BCUT2D eigenvalue weighted by Crippen LogP contribution is -2.18. The van der Waals surface area contributed by atoms with Gasteiger partial charge in [-0.1, -0.05) is 32.9 Å². The molecular weight excluding hydrogens is 200 g/mol. The van der Waals surface area contributed by atoms with Crippen molar-refractivity contribution in [3.63, 3.8) is 0 Å². The monoisotopic (exact) mass is 220 g/mol. The Bertz CT molecular complexity index is 350. The van der Waals surface area contributed by atoms with E-state index in [4.69, 9.17) is 4.74 Å². The number of hydrogen-bond donors (Lipinski definition) is 0. The molecule has 0 radical (unpaired) electrons. The van der Waals surface area contributed by atoms with Gasteiger partial charge in [0.15, 0.2) is 0 Å². The van der Waals surface area contributed by atoms with Crippen molar-refractivity contribution in [2.45, 2.75) is 33.1 Å². The third kappa shape index (κ3) is 3.09. The first-order chi connectivity index (χ1) is 7.49. The fraction of sp³-hybridized carbons (Fsp3) is 0.500. The van der Waals surface area contributed by atoms with Crippen LogP contribution in [0.4, 0.5) is 0 Å². The van der Waals surface area contributed by atoms with E-state index in [1.54, 1.807) is 7.11 Å². The van der Waals surface area contributed by atoms with Gasteiger partial charge in [-0.3, -0.25) is 0 Å². The van der Waals surface area contributed by atoms with Gasteiger partial charge in [-0.05, 0) is 29.0 Å². The van der Waals surface area contributed by atoms with Crippen molar-refractivity contribution in [2.24, 2.45) is 5.41 Å². The van der Waals surface area contributed by atoms with Crippen LogP contribution >= 0.6 is 0 Å². The molecule has 0 aromatic heterocycles. The molecule has 0 N–H and O–H groups in total. The van der Waals surface area contributed by atoms with Crippen LogP contribution in [0.3, 0.4) is 0 Å². The first-order valence-electron chi connectivity index (χ1n) is 5.56. The molecule has 0 aliphatic heterocycles. The van der Waals surface area contributed by atoms with E-state index in [9.17, 15) is 4.79 Å². The number of benzene rings is 1. The number of methoxy groups -OCH3 is 1. The largest absolute Gasteiger partial charge is 0.497 e. The summed E-state index contributed by atoms with van der Waals surface area (Å²) in [6, 6.07) is 7.96. The second-order valence-electron chi connectivity index (χ2n) is 5.10. The number of carbonyl (C=O) groups is 1. The zero-order valence-electron chi connectivity index (χ0n) is 10.5. The molecule has 0 saturated carbocycles. The molecule has 0 aliphatic carbocycles. The smallest absolute Gasteiger partial charge is 0.120 e. The van der Waals surface area contributed by atoms with Crippen molar-refractivity contribution >= 4 is 6.29 Å². The molecule has 0 heterocycles. The van der Waals surface area contributed by atoms with E-state index in [0.717, 1.165) is 12.0 Å². The maximum Gasteiger partial charge on any atom is 0.120 e. The van der Waals surface area contributed by atoms with E-state index < -0.39 is 0 Å². The van der Waals surface area contributed by atoms with E-state index in [1.165, 1.54) is 5.56 Å². The molecular formula is C14H20O2. The molecule has 1 unspecified atom stereocenters. The van der Waals surface area contributed by atoms with Crippen molar-refractivity contribution in [1.82, 2.24) is 0 Å². The van der Waals surface area contributed by atoms with Gasteiger partial charge < -0.3 is 9.53 Å². The van der Waals surface area contributed by atoms with Crippen molar-refractivity contribution < 1.29 is 9.53 Å². The predicted octanol–water partition coefficient (Wildman–Crippen LogP) is 3.41. The number of hydrogen-bond acceptors (Lipinski definition) is 2. The number of rotatable bonds is 4. The van der Waals surface area contributed by atoms with Crippen molar-refractivity contribution in [3.05, 3.63) is 29.8 Å². The Labute approximate surface area is 97.6 Å². The van der Waals surface area contributed by atoms with E-state index in [0.29, 0.717) is 6.42 Å². The molecule has 2 heteroatoms. The maximum absolute atomic E-state index is 10.8. The topological polar surface area (TPSA) is 26.3 Å². The number of aldehydes is 1. The van der Waals surface area contributed by atoms with E-state index in [2.05, 4.69) is 26.8 Å². The predicted molar refractivity (Wildman–Crippen MR) is 65.9 cm³/mol. The second-order valence-corrected chi connectivity index (χ2v) is 5.10. The second kappa shape index (κ2) is 5.15. The van der Waals surface area contributed by atoms with Gasteiger partial charge in [-0.2, -0.15) is 0 Å². The molecule has 0 spiro atoms. The molecule has 2 nitrogen and oxygen atoms in total. The van der Waals surface area contributed by atoms with Gasteiger partial charge in [-0.25, -0.2) is 0 Å². The van der Waals surface area contributed by atoms with Crippen LogP contribution < -0.4 is 4.74 Å². The van der Waals surface area contributed by atoms with Crippen LogP contribution in [0.2, 0.25) is 0 Å². The standard InChI is InChI=1S/C14H20O2/c1-14(2,3)13(8-9-15)11-6-5-7-12(10-11)16-4/h5-7,9-10,13H,8H2,1-4H3. The molecule has 1 aromatic carbocycles. The summed E-state index contributed by atoms with van der Waals surface area (Å²) in [6.45, 7) is 6.46. The summed E-state index contributed by atoms with van der Waals surface area (Å²) in [5.74, 6) is 1.08. The highest BCUT2D eigenvalue weighted by Crippen LogP contribution is 2.38. The normalized spacial score (nSPS) is 13.2. The third-order valence-corrected chi connectivity index (χ3v) is 2.87. The number of carbonyl (C=O) groups excluding carboxylic acids is 1. The lowest BCUT2D eigenvalue weighted by Gasteiger charge is -2.29. The molecule has 1 atom stereocenters. The summed E-state index contributed by atoms with van der Waals surface area (Å²) < 4.78 is 5.21. The summed E-state index contributed by atoms with van der Waals surface area (Å²) in [6.07, 6.45) is 1.55. The average Bonchev–Trinajstić information content (AvgIpc) is 2.24. The summed E-state index contributed by atoms with van der Waals surface area (Å²) in [7, 11) is 1.66. The molecule has 0 amide bonds. The van der Waals surface area contributed by atoms with Crippen molar-refractivity contribution in [3.8, 4) is 5.75 Å². The molecule has 0 fully saturated rings. The fourth-order valence-corrected chi connectivity index (χ4v) is 1.94.